The van der Waals surface area contributed by atoms with E-state index in [0.29, 0.717) is 18.3 Å². The van der Waals surface area contributed by atoms with Crippen LogP contribution in [0.15, 0.2) is 0 Å². The van der Waals surface area contributed by atoms with E-state index in [1.54, 1.807) is 0 Å². The molecule has 0 amide bonds. The van der Waals surface area contributed by atoms with Crippen molar-refractivity contribution in [2.45, 2.75) is 63.9 Å². The van der Waals surface area contributed by atoms with E-state index in [0.717, 1.165) is 36.4 Å². The summed E-state index contributed by atoms with van der Waals surface area (Å²) >= 11 is 3.42. The molecule has 0 heterocycles. The van der Waals surface area contributed by atoms with E-state index in [-0.39, 0.29) is 12.1 Å². The lowest BCUT2D eigenvalue weighted by Gasteiger charge is -2.53. The first-order chi connectivity index (χ1) is 9.26. The molecule has 0 aliphatic heterocycles. The Bertz CT molecular complexity index is 301. The predicted octanol–water partition coefficient (Wildman–Crippen LogP) is 4.31. The quantitative estimate of drug-likeness (QED) is 0.412. The van der Waals surface area contributed by atoms with Crippen LogP contribution in [0.3, 0.4) is 0 Å². The summed E-state index contributed by atoms with van der Waals surface area (Å²) in [6.07, 6.45) is 10.9. The van der Waals surface area contributed by atoms with Crippen molar-refractivity contribution in [2.24, 2.45) is 23.7 Å². The summed E-state index contributed by atoms with van der Waals surface area (Å²) < 4.78 is 5.86. The first-order valence-corrected chi connectivity index (χ1v) is 9.14. The van der Waals surface area contributed by atoms with E-state index in [1.165, 1.54) is 32.1 Å². The molecule has 0 aromatic rings. The molecule has 4 rings (SSSR count). The number of rotatable bonds is 6. The third-order valence-electron chi connectivity index (χ3n) is 5.42. The highest BCUT2D eigenvalue weighted by molar-refractivity contribution is 9.09. The lowest BCUT2D eigenvalue weighted by atomic mass is 9.55. The molecule has 19 heavy (non-hydrogen) atoms. The average Bonchev–Trinajstić information content (AvgIpc) is 2.38. The second kappa shape index (κ2) is 6.15. The van der Waals surface area contributed by atoms with Crippen LogP contribution in [0.5, 0.6) is 0 Å². The summed E-state index contributed by atoms with van der Waals surface area (Å²) in [5.41, 5.74) is 0. The molecule has 0 aromatic carbocycles. The number of halogens is 1. The third-order valence-corrected chi connectivity index (χ3v) is 5.98. The van der Waals surface area contributed by atoms with Gasteiger partial charge in [-0.25, -0.2) is 0 Å². The van der Waals surface area contributed by atoms with Crippen LogP contribution in [0.1, 0.15) is 57.8 Å². The Morgan fingerprint density at radius 3 is 2.16 bits per heavy atom. The molecule has 0 spiro atoms. The predicted molar refractivity (Wildman–Crippen MR) is 79.2 cm³/mol. The molecule has 4 aliphatic rings. The maximum atomic E-state index is 12.0. The molecular weight excluding hydrogens is 304 g/mol. The lowest BCUT2D eigenvalue weighted by Crippen LogP contribution is -2.50. The molecule has 0 N–H and O–H groups in total. The number of alkyl halides is 1. The Hall–Kier alpha value is -0.0500. The average molecular weight is 329 g/mol. The molecule has 4 bridgehead atoms. The van der Waals surface area contributed by atoms with Gasteiger partial charge in [-0.2, -0.15) is 0 Å². The maximum absolute atomic E-state index is 12.0. The van der Waals surface area contributed by atoms with Gasteiger partial charge in [-0.05, 0) is 68.6 Å². The zero-order valence-corrected chi connectivity index (χ0v) is 13.2. The Kier molecular flexibility index (Phi) is 4.51. The van der Waals surface area contributed by atoms with Crippen LogP contribution in [-0.4, -0.2) is 17.4 Å². The minimum absolute atomic E-state index is 0.0621. The summed E-state index contributed by atoms with van der Waals surface area (Å²) in [7, 11) is 0. The van der Waals surface area contributed by atoms with E-state index >= 15 is 0 Å². The van der Waals surface area contributed by atoms with Gasteiger partial charge >= 0.3 is 5.97 Å². The topological polar surface area (TPSA) is 26.3 Å². The fourth-order valence-corrected chi connectivity index (χ4v) is 5.22. The van der Waals surface area contributed by atoms with Crippen molar-refractivity contribution < 1.29 is 9.53 Å². The second-order valence-corrected chi connectivity index (χ2v) is 7.68. The molecule has 2 nitrogen and oxygen atoms in total. The Morgan fingerprint density at radius 1 is 0.947 bits per heavy atom. The number of unbranched alkanes of at least 4 members (excludes halogenated alkanes) is 2. The molecule has 0 unspecified atom stereocenters. The van der Waals surface area contributed by atoms with Crippen molar-refractivity contribution in [3.8, 4) is 0 Å². The SMILES string of the molecule is O=C(CCCCCBr)OC1C2CC3CC(C2)CC1C3. The second-order valence-electron chi connectivity index (χ2n) is 6.88. The van der Waals surface area contributed by atoms with Gasteiger partial charge in [0, 0.05) is 11.8 Å². The minimum atomic E-state index is 0.0621. The van der Waals surface area contributed by atoms with E-state index in [1.807, 2.05) is 0 Å². The number of carbonyl (C=O) groups excluding carboxylic acids is 1. The maximum Gasteiger partial charge on any atom is 0.306 e. The number of hydrogen-bond donors (Lipinski definition) is 0. The summed E-state index contributed by atoms with van der Waals surface area (Å²) in [6, 6.07) is 0. The van der Waals surface area contributed by atoms with Gasteiger partial charge in [0.05, 0.1) is 0 Å². The van der Waals surface area contributed by atoms with Gasteiger partial charge in [0.15, 0.2) is 0 Å². The summed E-state index contributed by atoms with van der Waals surface area (Å²) in [5.74, 6) is 3.37. The van der Waals surface area contributed by atoms with Crippen molar-refractivity contribution in [2.75, 3.05) is 5.33 Å². The number of carbonyl (C=O) groups is 1. The fourth-order valence-electron chi connectivity index (χ4n) is 4.82. The number of ether oxygens (including phenoxy) is 1. The Labute approximate surface area is 124 Å². The van der Waals surface area contributed by atoms with Gasteiger partial charge in [-0.15, -0.1) is 0 Å². The van der Waals surface area contributed by atoms with Crippen LogP contribution in [0, 0.1) is 23.7 Å². The molecule has 0 saturated heterocycles. The van der Waals surface area contributed by atoms with Crippen molar-refractivity contribution >= 4 is 21.9 Å². The van der Waals surface area contributed by atoms with E-state index in [2.05, 4.69) is 15.9 Å². The smallest absolute Gasteiger partial charge is 0.306 e. The highest BCUT2D eigenvalue weighted by Gasteiger charge is 2.49. The van der Waals surface area contributed by atoms with E-state index in [9.17, 15) is 4.79 Å². The van der Waals surface area contributed by atoms with Crippen molar-refractivity contribution in [1.29, 1.82) is 0 Å². The van der Waals surface area contributed by atoms with Gasteiger partial charge in [-0.1, -0.05) is 22.4 Å². The van der Waals surface area contributed by atoms with E-state index < -0.39 is 0 Å². The van der Waals surface area contributed by atoms with Crippen molar-refractivity contribution in [1.82, 2.24) is 0 Å². The zero-order valence-electron chi connectivity index (χ0n) is 11.7. The molecule has 3 heteroatoms. The molecule has 0 atom stereocenters. The van der Waals surface area contributed by atoms with Crippen molar-refractivity contribution in [3.05, 3.63) is 0 Å². The highest BCUT2D eigenvalue weighted by atomic mass is 79.9. The molecule has 0 radical (unpaired) electrons. The van der Waals surface area contributed by atoms with Crippen LogP contribution < -0.4 is 0 Å². The summed E-state index contributed by atoms with van der Waals surface area (Å²) in [6.45, 7) is 0. The van der Waals surface area contributed by atoms with Gasteiger partial charge in [0.1, 0.15) is 6.10 Å². The van der Waals surface area contributed by atoms with Crippen molar-refractivity contribution in [3.63, 3.8) is 0 Å². The summed E-state index contributed by atoms with van der Waals surface area (Å²) in [5, 5.41) is 1.04. The Morgan fingerprint density at radius 2 is 1.58 bits per heavy atom. The molecule has 4 aliphatic carbocycles. The minimum Gasteiger partial charge on any atom is -0.462 e. The molecule has 108 valence electrons. The lowest BCUT2D eigenvalue weighted by molar-refractivity contribution is -0.170. The zero-order chi connectivity index (χ0) is 13.2. The van der Waals surface area contributed by atoms with Crippen LogP contribution in [0.4, 0.5) is 0 Å². The Balaban J connectivity index is 1.46. The molecule has 0 aromatic heterocycles. The highest BCUT2D eigenvalue weighted by Crippen LogP contribution is 2.54. The first kappa shape index (κ1) is 13.9. The normalized spacial score (nSPS) is 39.5. The van der Waals surface area contributed by atoms with Gasteiger partial charge in [0.25, 0.3) is 0 Å². The van der Waals surface area contributed by atoms with Crippen LogP contribution in [0.2, 0.25) is 0 Å². The molecule has 4 saturated carbocycles. The van der Waals surface area contributed by atoms with Crippen LogP contribution in [0.25, 0.3) is 0 Å². The van der Waals surface area contributed by atoms with Gasteiger partial charge in [-0.3, -0.25) is 4.79 Å². The fraction of sp³-hybridized carbons (Fsp3) is 0.938. The molecule has 4 fully saturated rings. The van der Waals surface area contributed by atoms with E-state index in [4.69, 9.17) is 4.74 Å². The first-order valence-electron chi connectivity index (χ1n) is 8.01. The number of esters is 1. The standard InChI is InChI=1S/C16H25BrO2/c17-5-3-1-2-4-15(18)19-16-13-7-11-6-12(9-13)10-14(16)8-11/h11-14,16H,1-10H2. The van der Waals surface area contributed by atoms with Gasteiger partial charge < -0.3 is 4.74 Å². The summed E-state index contributed by atoms with van der Waals surface area (Å²) in [4.78, 5) is 12.0. The van der Waals surface area contributed by atoms with Crippen LogP contribution in [-0.2, 0) is 9.53 Å². The van der Waals surface area contributed by atoms with Gasteiger partial charge in [0.2, 0.25) is 0 Å². The molecular formula is C16H25BrO2. The number of hydrogen-bond acceptors (Lipinski definition) is 2. The monoisotopic (exact) mass is 328 g/mol. The van der Waals surface area contributed by atoms with Crippen LogP contribution >= 0.6 is 15.9 Å². The third kappa shape index (κ3) is 3.17. The largest absolute Gasteiger partial charge is 0.462 e.